The number of allylic oxidation sites excluding steroid dienone is 2. The Kier molecular flexibility index (Phi) is 3.82. The number of epoxide rings is 1. The zero-order valence-electron chi connectivity index (χ0n) is 16.7. The van der Waals surface area contributed by atoms with Crippen molar-refractivity contribution in [3.05, 3.63) is 22.8 Å². The zero-order chi connectivity index (χ0) is 21.1. The molecule has 5 rings (SSSR count). The Labute approximate surface area is 173 Å². The van der Waals surface area contributed by atoms with Crippen molar-refractivity contribution in [2.45, 2.75) is 63.5 Å². The number of aliphatic hydroxyl groups is 2. The van der Waals surface area contributed by atoms with Crippen LogP contribution in [-0.4, -0.2) is 51.9 Å². The van der Waals surface area contributed by atoms with Gasteiger partial charge in [-0.3, -0.25) is 9.59 Å². The van der Waals surface area contributed by atoms with Gasteiger partial charge in [0.2, 0.25) is 0 Å². The lowest BCUT2D eigenvalue weighted by Gasteiger charge is -2.56. The summed E-state index contributed by atoms with van der Waals surface area (Å²) in [5.41, 5.74) is -3.68. The van der Waals surface area contributed by atoms with Crippen LogP contribution in [0, 0.1) is 28.6 Å². The van der Waals surface area contributed by atoms with Crippen molar-refractivity contribution >= 4 is 23.2 Å². The molecule has 0 bridgehead atoms. The molecule has 4 aliphatic carbocycles. The minimum atomic E-state index is -1.66. The zero-order valence-corrected chi connectivity index (χ0v) is 17.5. The minimum absolute atomic E-state index is 0.0512. The van der Waals surface area contributed by atoms with E-state index in [0.717, 1.165) is 0 Å². The molecule has 1 aliphatic heterocycles. The van der Waals surface area contributed by atoms with Crippen LogP contribution in [0.25, 0.3) is 0 Å². The fourth-order valence-electron chi connectivity index (χ4n) is 7.78. The van der Waals surface area contributed by atoms with Gasteiger partial charge in [0, 0.05) is 10.8 Å². The summed E-state index contributed by atoms with van der Waals surface area (Å²) >= 11 is 6.28. The molecule has 0 aromatic rings. The van der Waals surface area contributed by atoms with Crippen LogP contribution in [-0.2, 0) is 14.3 Å². The number of aliphatic hydroxyl groups excluding tert-OH is 1. The molecule has 1 saturated heterocycles. The number of halogens is 2. The van der Waals surface area contributed by atoms with Gasteiger partial charge in [-0.25, -0.2) is 4.39 Å². The van der Waals surface area contributed by atoms with Gasteiger partial charge in [-0.15, -0.1) is 0 Å². The molecule has 0 aromatic heterocycles. The maximum absolute atomic E-state index is 15.5. The van der Waals surface area contributed by atoms with Gasteiger partial charge < -0.3 is 14.9 Å². The predicted molar refractivity (Wildman–Crippen MR) is 103 cm³/mol. The van der Waals surface area contributed by atoms with Gasteiger partial charge in [-0.2, -0.15) is 0 Å². The van der Waals surface area contributed by atoms with E-state index in [-0.39, 0.29) is 41.1 Å². The average Bonchev–Trinajstić information content (AvgIpc) is 3.35. The van der Waals surface area contributed by atoms with Crippen molar-refractivity contribution in [2.24, 2.45) is 28.6 Å². The van der Waals surface area contributed by atoms with Crippen LogP contribution >= 0.6 is 11.6 Å². The Morgan fingerprint density at radius 3 is 2.69 bits per heavy atom. The highest BCUT2D eigenvalue weighted by Gasteiger charge is 2.83. The smallest absolute Gasteiger partial charge is 0.196 e. The quantitative estimate of drug-likeness (QED) is 0.665. The van der Waals surface area contributed by atoms with Crippen molar-refractivity contribution < 1.29 is 28.9 Å². The van der Waals surface area contributed by atoms with Gasteiger partial charge in [-0.1, -0.05) is 31.5 Å². The predicted octanol–water partition coefficient (Wildman–Crippen LogP) is 2.48. The first-order valence-electron chi connectivity index (χ1n) is 10.3. The van der Waals surface area contributed by atoms with Crippen LogP contribution in [0.4, 0.5) is 4.39 Å². The fraction of sp³-hybridized carbons (Fsp3) is 0.727. The van der Waals surface area contributed by atoms with E-state index in [1.54, 1.807) is 6.08 Å². The van der Waals surface area contributed by atoms with Gasteiger partial charge in [0.1, 0.15) is 24.0 Å². The van der Waals surface area contributed by atoms with Gasteiger partial charge in [0.25, 0.3) is 0 Å². The van der Waals surface area contributed by atoms with Crippen LogP contribution in [0.2, 0.25) is 0 Å². The van der Waals surface area contributed by atoms with Crippen LogP contribution in [0.3, 0.4) is 0 Å². The lowest BCUT2D eigenvalue weighted by molar-refractivity contribution is -0.166. The normalized spacial score (nSPS) is 55.1. The lowest BCUT2D eigenvalue weighted by Crippen LogP contribution is -2.63. The molecular weight excluding hydrogens is 399 g/mol. The summed E-state index contributed by atoms with van der Waals surface area (Å²) < 4.78 is 21.8. The van der Waals surface area contributed by atoms with E-state index in [2.05, 4.69) is 0 Å². The molecule has 4 fully saturated rings. The molecule has 7 heteroatoms. The van der Waals surface area contributed by atoms with Crippen LogP contribution in [0.5, 0.6) is 0 Å². The number of hydrogen-bond acceptors (Lipinski definition) is 5. The number of ketones is 2. The first-order valence-corrected chi connectivity index (χ1v) is 10.7. The van der Waals surface area contributed by atoms with Crippen molar-refractivity contribution in [3.8, 4) is 0 Å². The van der Waals surface area contributed by atoms with Crippen molar-refractivity contribution in [1.82, 2.24) is 0 Å². The minimum Gasteiger partial charge on any atom is -0.388 e. The van der Waals surface area contributed by atoms with Crippen molar-refractivity contribution in [1.29, 1.82) is 0 Å². The molecule has 9 atom stereocenters. The van der Waals surface area contributed by atoms with Crippen molar-refractivity contribution in [3.63, 3.8) is 0 Å². The standard InChI is InChI=1S/C22H26ClFO5/c1-10-6-11-12-7-13(24)17-18(23)14(26)4-5-19(17,2)22(12)16(29-22)8-20(11,3)21(10,28)15(27)9-25/h4-5,10-13,16,25,28H,6-9H2,1-3H3/t10?,11-,12-,13?,16?,19-,20-,21-,22-/m0/s1. The number of alkyl halides is 1. The number of carbonyl (C=O) groups is 2. The Bertz CT molecular complexity index is 900. The molecule has 3 saturated carbocycles. The van der Waals surface area contributed by atoms with Crippen molar-refractivity contribution in [2.75, 3.05) is 6.61 Å². The molecule has 0 radical (unpaired) electrons. The van der Waals surface area contributed by atoms with E-state index >= 15 is 4.39 Å². The van der Waals surface area contributed by atoms with Crippen LogP contribution in [0.1, 0.15) is 40.0 Å². The molecule has 0 amide bonds. The van der Waals surface area contributed by atoms with Crippen LogP contribution in [0.15, 0.2) is 22.8 Å². The van der Waals surface area contributed by atoms with E-state index < -0.39 is 40.6 Å². The van der Waals surface area contributed by atoms with Gasteiger partial charge in [0.15, 0.2) is 11.6 Å². The third kappa shape index (κ3) is 1.94. The number of carbonyl (C=O) groups excluding carboxylic acids is 2. The highest BCUT2D eigenvalue weighted by molar-refractivity contribution is 6.45. The second kappa shape index (κ2) is 5.58. The molecule has 0 aromatic carbocycles. The Balaban J connectivity index is 1.64. The van der Waals surface area contributed by atoms with Crippen LogP contribution < -0.4 is 0 Å². The number of hydrogen-bond donors (Lipinski definition) is 2. The Morgan fingerprint density at radius 2 is 2.03 bits per heavy atom. The molecular formula is C22H26ClFO5. The largest absolute Gasteiger partial charge is 0.388 e. The molecule has 158 valence electrons. The Morgan fingerprint density at radius 1 is 1.34 bits per heavy atom. The van der Waals surface area contributed by atoms with Gasteiger partial charge in [-0.05, 0) is 55.6 Å². The first-order chi connectivity index (χ1) is 13.5. The van der Waals surface area contributed by atoms with E-state index in [4.69, 9.17) is 16.3 Å². The van der Waals surface area contributed by atoms with E-state index in [1.165, 1.54) is 6.08 Å². The van der Waals surface area contributed by atoms with E-state index in [1.807, 2.05) is 20.8 Å². The molecule has 3 unspecified atom stereocenters. The molecule has 5 aliphatic rings. The monoisotopic (exact) mass is 424 g/mol. The summed E-state index contributed by atoms with van der Waals surface area (Å²) in [6, 6.07) is 0. The summed E-state index contributed by atoms with van der Waals surface area (Å²) in [4.78, 5) is 24.7. The molecule has 5 nitrogen and oxygen atoms in total. The SMILES string of the molecule is CC1C[C@H]2[C@@H]3CC(F)C4=C(Cl)C(=O)C=C[C@]4(C)[C@]34OC4C[C@]2(C)[C@@]1(O)C(=O)CO. The molecule has 1 heterocycles. The molecule has 29 heavy (non-hydrogen) atoms. The summed E-state index contributed by atoms with van der Waals surface area (Å²) in [5, 5.41) is 21.0. The summed E-state index contributed by atoms with van der Waals surface area (Å²) in [5.74, 6) is -1.67. The summed E-state index contributed by atoms with van der Waals surface area (Å²) in [7, 11) is 0. The summed E-state index contributed by atoms with van der Waals surface area (Å²) in [6.07, 6.45) is 2.63. The molecule has 1 spiro atoms. The third-order valence-electron chi connectivity index (χ3n) is 9.15. The lowest BCUT2D eigenvalue weighted by atomic mass is 9.46. The maximum Gasteiger partial charge on any atom is 0.196 e. The maximum atomic E-state index is 15.5. The summed E-state index contributed by atoms with van der Waals surface area (Å²) in [6.45, 7) is 4.88. The number of ether oxygens (including phenoxy) is 1. The second-order valence-corrected chi connectivity index (χ2v) is 10.4. The van der Waals surface area contributed by atoms with Gasteiger partial charge >= 0.3 is 0 Å². The number of rotatable bonds is 2. The average molecular weight is 425 g/mol. The highest BCUT2D eigenvalue weighted by atomic mass is 35.5. The van der Waals surface area contributed by atoms with Gasteiger partial charge in [0.05, 0.1) is 11.1 Å². The third-order valence-corrected chi connectivity index (χ3v) is 9.54. The number of Topliss-reactive ketones (excluding diaryl/α,β-unsaturated/α-hetero) is 1. The van der Waals surface area contributed by atoms with E-state index in [0.29, 0.717) is 18.4 Å². The highest BCUT2D eigenvalue weighted by Crippen LogP contribution is 2.77. The number of fused-ring (bicyclic) bond motifs is 3. The topological polar surface area (TPSA) is 87.1 Å². The second-order valence-electron chi connectivity index (χ2n) is 10.0. The fourth-order valence-corrected chi connectivity index (χ4v) is 8.16. The molecule has 2 N–H and O–H groups in total. The Hall–Kier alpha value is -1.08. The van der Waals surface area contributed by atoms with E-state index in [9.17, 15) is 19.8 Å². The first kappa shape index (κ1) is 19.9.